The molecule has 2 N–H and O–H groups in total. The summed E-state index contributed by atoms with van der Waals surface area (Å²) < 4.78 is 0. The highest BCUT2D eigenvalue weighted by Crippen LogP contribution is 2.16. The van der Waals surface area contributed by atoms with E-state index in [4.69, 9.17) is 0 Å². The molecule has 0 aliphatic carbocycles. The first-order valence-electron chi connectivity index (χ1n) is 4.67. The van der Waals surface area contributed by atoms with Crippen LogP contribution in [0.15, 0.2) is 18.2 Å². The number of carbonyl (C=O) groups is 1. The van der Waals surface area contributed by atoms with Gasteiger partial charge < -0.3 is 10.4 Å². The number of aryl methyl sites for hydroxylation is 1. The Morgan fingerprint density at radius 3 is 2.36 bits per heavy atom. The Bertz CT molecular complexity index is 308. The van der Waals surface area contributed by atoms with E-state index in [1.165, 1.54) is 6.07 Å². The van der Waals surface area contributed by atoms with Crippen molar-refractivity contribution in [1.82, 2.24) is 5.32 Å². The van der Waals surface area contributed by atoms with Gasteiger partial charge in [-0.1, -0.05) is 19.9 Å². The van der Waals surface area contributed by atoms with Gasteiger partial charge in [-0.15, -0.1) is 0 Å². The molecule has 0 radical (unpaired) electrons. The van der Waals surface area contributed by atoms with Crippen LogP contribution >= 0.6 is 0 Å². The molecule has 0 saturated carbocycles. The molecule has 1 amide bonds. The second-order valence-electron chi connectivity index (χ2n) is 2.58. The predicted octanol–water partition coefficient (Wildman–Crippen LogP) is 2.09. The van der Waals surface area contributed by atoms with E-state index in [2.05, 4.69) is 5.32 Å². The molecule has 0 spiro atoms. The lowest BCUT2D eigenvalue weighted by molar-refractivity contribution is 0.0962. The second kappa shape index (κ2) is 6.02. The third-order valence-corrected chi connectivity index (χ3v) is 1.70. The van der Waals surface area contributed by atoms with Crippen molar-refractivity contribution in [3.05, 3.63) is 29.3 Å². The van der Waals surface area contributed by atoms with Crippen molar-refractivity contribution in [1.29, 1.82) is 0 Å². The Hall–Kier alpha value is -1.51. The normalized spacial score (nSPS) is 8.57. The second-order valence-corrected chi connectivity index (χ2v) is 2.58. The first kappa shape index (κ1) is 12.5. The van der Waals surface area contributed by atoms with Crippen LogP contribution in [0, 0.1) is 6.92 Å². The number of phenols is 1. The zero-order valence-electron chi connectivity index (χ0n) is 9.09. The summed E-state index contributed by atoms with van der Waals surface area (Å²) in [6.07, 6.45) is 0. The summed E-state index contributed by atoms with van der Waals surface area (Å²) in [6, 6.07) is 4.84. The zero-order chi connectivity index (χ0) is 11.1. The van der Waals surface area contributed by atoms with Crippen LogP contribution in [-0.4, -0.2) is 18.1 Å². The minimum atomic E-state index is -0.190. The number of hydrogen-bond acceptors (Lipinski definition) is 2. The number of aromatic hydroxyl groups is 1. The molecule has 3 nitrogen and oxygen atoms in total. The predicted molar refractivity (Wildman–Crippen MR) is 57.6 cm³/mol. The molecule has 3 heteroatoms. The lowest BCUT2D eigenvalue weighted by Gasteiger charge is -2.01. The van der Waals surface area contributed by atoms with Crippen LogP contribution < -0.4 is 5.32 Å². The lowest BCUT2D eigenvalue weighted by Crippen LogP contribution is -2.17. The van der Waals surface area contributed by atoms with Crippen LogP contribution in [0.5, 0.6) is 5.75 Å². The topological polar surface area (TPSA) is 49.3 Å². The third kappa shape index (κ3) is 3.09. The van der Waals surface area contributed by atoms with Crippen LogP contribution in [0.1, 0.15) is 29.8 Å². The standard InChI is InChI=1S/C9H11NO2.C2H6/c1-6-3-4-7(5-8(6)11)9(12)10-2;1-2/h3-5,11H,1-2H3,(H,10,12);1-2H3. The van der Waals surface area contributed by atoms with Crippen molar-refractivity contribution in [3.63, 3.8) is 0 Å². The van der Waals surface area contributed by atoms with Gasteiger partial charge >= 0.3 is 0 Å². The number of benzene rings is 1. The van der Waals surface area contributed by atoms with E-state index in [9.17, 15) is 9.90 Å². The third-order valence-electron chi connectivity index (χ3n) is 1.70. The van der Waals surface area contributed by atoms with Gasteiger partial charge in [-0.25, -0.2) is 0 Å². The molecule has 1 rings (SSSR count). The maximum Gasteiger partial charge on any atom is 0.251 e. The van der Waals surface area contributed by atoms with Crippen molar-refractivity contribution in [3.8, 4) is 5.75 Å². The van der Waals surface area contributed by atoms with E-state index in [0.29, 0.717) is 5.56 Å². The van der Waals surface area contributed by atoms with E-state index in [1.54, 1.807) is 26.1 Å². The number of carbonyl (C=O) groups excluding carboxylic acids is 1. The Kier molecular flexibility index (Phi) is 5.37. The molecule has 0 heterocycles. The fourth-order valence-electron chi connectivity index (χ4n) is 0.895. The highest BCUT2D eigenvalue weighted by atomic mass is 16.3. The summed E-state index contributed by atoms with van der Waals surface area (Å²) in [7, 11) is 1.55. The van der Waals surface area contributed by atoms with Gasteiger partial charge in [0.1, 0.15) is 5.75 Å². The quantitative estimate of drug-likeness (QED) is 0.720. The molecule has 0 fully saturated rings. The molecule has 0 unspecified atom stereocenters. The number of rotatable bonds is 1. The first-order chi connectivity index (χ1) is 6.65. The summed E-state index contributed by atoms with van der Waals surface area (Å²) in [5.41, 5.74) is 1.24. The molecule has 0 aliphatic heterocycles. The molecule has 0 saturated heterocycles. The highest BCUT2D eigenvalue weighted by Gasteiger charge is 2.04. The number of nitrogens with one attached hydrogen (secondary N) is 1. The van der Waals surface area contributed by atoms with E-state index in [0.717, 1.165) is 5.56 Å². The maximum absolute atomic E-state index is 11.1. The van der Waals surface area contributed by atoms with E-state index < -0.39 is 0 Å². The minimum absolute atomic E-state index is 0.149. The Morgan fingerprint density at radius 2 is 1.93 bits per heavy atom. The van der Waals surface area contributed by atoms with Gasteiger partial charge in [0.25, 0.3) is 5.91 Å². The largest absolute Gasteiger partial charge is 0.508 e. The molecule has 0 aliphatic rings. The van der Waals surface area contributed by atoms with Crippen LogP contribution in [0.25, 0.3) is 0 Å². The van der Waals surface area contributed by atoms with Crippen LogP contribution in [0.4, 0.5) is 0 Å². The van der Waals surface area contributed by atoms with Gasteiger partial charge in [0, 0.05) is 12.6 Å². The molecule has 0 atom stereocenters. The van der Waals surface area contributed by atoms with Gasteiger partial charge in [0.15, 0.2) is 0 Å². The van der Waals surface area contributed by atoms with Crippen LogP contribution in [0.2, 0.25) is 0 Å². The average Bonchev–Trinajstić information content (AvgIpc) is 2.24. The van der Waals surface area contributed by atoms with Crippen LogP contribution in [0.3, 0.4) is 0 Å². The summed E-state index contributed by atoms with van der Waals surface area (Å²) in [6.45, 7) is 5.78. The van der Waals surface area contributed by atoms with E-state index in [-0.39, 0.29) is 11.7 Å². The molecule has 14 heavy (non-hydrogen) atoms. The molecule has 0 bridgehead atoms. The van der Waals surface area contributed by atoms with E-state index >= 15 is 0 Å². The molecule has 1 aromatic carbocycles. The van der Waals surface area contributed by atoms with Crippen molar-refractivity contribution < 1.29 is 9.90 Å². The van der Waals surface area contributed by atoms with Gasteiger partial charge in [0.05, 0.1) is 0 Å². The van der Waals surface area contributed by atoms with Crippen LogP contribution in [-0.2, 0) is 0 Å². The summed E-state index contributed by atoms with van der Waals surface area (Å²) in [5.74, 6) is -0.0404. The van der Waals surface area contributed by atoms with Crippen molar-refractivity contribution >= 4 is 5.91 Å². The number of hydrogen-bond donors (Lipinski definition) is 2. The summed E-state index contributed by atoms with van der Waals surface area (Å²) in [5, 5.41) is 11.7. The number of amides is 1. The Balaban J connectivity index is 0.000000791. The molecule has 0 aromatic heterocycles. The molecular formula is C11H17NO2. The van der Waals surface area contributed by atoms with Gasteiger partial charge in [-0.05, 0) is 24.6 Å². The van der Waals surface area contributed by atoms with E-state index in [1.807, 2.05) is 13.8 Å². The monoisotopic (exact) mass is 195 g/mol. The summed E-state index contributed by atoms with van der Waals surface area (Å²) >= 11 is 0. The zero-order valence-corrected chi connectivity index (χ0v) is 9.09. The van der Waals surface area contributed by atoms with Crippen molar-refractivity contribution in [2.75, 3.05) is 7.05 Å². The highest BCUT2D eigenvalue weighted by molar-refractivity contribution is 5.94. The number of phenolic OH excluding ortho intramolecular Hbond substituents is 1. The van der Waals surface area contributed by atoms with Crippen molar-refractivity contribution in [2.24, 2.45) is 0 Å². The Labute approximate surface area is 84.8 Å². The smallest absolute Gasteiger partial charge is 0.251 e. The minimum Gasteiger partial charge on any atom is -0.508 e. The maximum atomic E-state index is 11.1. The fourth-order valence-corrected chi connectivity index (χ4v) is 0.895. The molecule has 78 valence electrons. The molecular weight excluding hydrogens is 178 g/mol. The summed E-state index contributed by atoms with van der Waals surface area (Å²) in [4.78, 5) is 11.1. The van der Waals surface area contributed by atoms with Gasteiger partial charge in [-0.3, -0.25) is 4.79 Å². The fraction of sp³-hybridized carbons (Fsp3) is 0.364. The Morgan fingerprint density at radius 1 is 1.36 bits per heavy atom. The van der Waals surface area contributed by atoms with Gasteiger partial charge in [0.2, 0.25) is 0 Å². The lowest BCUT2D eigenvalue weighted by atomic mass is 10.1. The van der Waals surface area contributed by atoms with Crippen molar-refractivity contribution in [2.45, 2.75) is 20.8 Å². The SMILES string of the molecule is CC.CNC(=O)c1ccc(C)c(O)c1. The van der Waals surface area contributed by atoms with Gasteiger partial charge in [-0.2, -0.15) is 0 Å². The average molecular weight is 195 g/mol. The first-order valence-corrected chi connectivity index (χ1v) is 4.67. The molecule has 1 aromatic rings.